The molecule has 0 bridgehead atoms. The van der Waals surface area contributed by atoms with Crippen molar-refractivity contribution in [3.05, 3.63) is 53.7 Å². The Morgan fingerprint density at radius 3 is 2.42 bits per heavy atom. The summed E-state index contributed by atoms with van der Waals surface area (Å²) in [7, 11) is -1.90. The molecule has 0 unspecified atom stereocenters. The molecule has 2 aromatic rings. The molecule has 0 spiro atoms. The molecule has 0 aliphatic heterocycles. The van der Waals surface area contributed by atoms with Crippen LogP contribution in [0.15, 0.2) is 47.4 Å². The van der Waals surface area contributed by atoms with E-state index in [0.717, 1.165) is 18.5 Å². The van der Waals surface area contributed by atoms with E-state index in [-0.39, 0.29) is 16.8 Å². The number of benzene rings is 1. The second kappa shape index (κ2) is 6.33. The Labute approximate surface area is 141 Å². The fourth-order valence-corrected chi connectivity index (χ4v) is 3.80. The average Bonchev–Trinajstić information content (AvgIpc) is 3.39. The molecule has 7 heteroatoms. The molecule has 1 amide bonds. The van der Waals surface area contributed by atoms with Crippen LogP contribution in [-0.4, -0.2) is 36.7 Å². The van der Waals surface area contributed by atoms with Crippen molar-refractivity contribution < 1.29 is 13.2 Å². The second-order valence-corrected chi connectivity index (χ2v) is 7.89. The van der Waals surface area contributed by atoms with E-state index < -0.39 is 10.0 Å². The molecule has 6 nitrogen and oxygen atoms in total. The summed E-state index contributed by atoms with van der Waals surface area (Å²) in [6, 6.07) is 11.4. The molecule has 3 rings (SSSR count). The van der Waals surface area contributed by atoms with Gasteiger partial charge in [-0.1, -0.05) is 6.07 Å². The van der Waals surface area contributed by atoms with Crippen LogP contribution in [0, 0.1) is 6.92 Å². The fraction of sp³-hybridized carbons (Fsp3) is 0.294. The van der Waals surface area contributed by atoms with E-state index in [1.165, 1.54) is 28.6 Å². The van der Waals surface area contributed by atoms with E-state index >= 15 is 0 Å². The highest BCUT2D eigenvalue weighted by Crippen LogP contribution is 2.30. The van der Waals surface area contributed by atoms with Crippen molar-refractivity contribution in [3.8, 4) is 0 Å². The van der Waals surface area contributed by atoms with Crippen molar-refractivity contribution >= 4 is 21.7 Å². The van der Waals surface area contributed by atoms with E-state index in [9.17, 15) is 13.2 Å². The Bertz CT molecular complexity index is 859. The number of hydrogen-bond acceptors (Lipinski definition) is 4. The number of amides is 1. The largest absolute Gasteiger partial charge is 0.307 e. The van der Waals surface area contributed by atoms with Gasteiger partial charge in [0.2, 0.25) is 10.0 Å². The number of nitrogens with one attached hydrogen (secondary N) is 1. The molecule has 1 heterocycles. The van der Waals surface area contributed by atoms with Crippen LogP contribution in [-0.2, 0) is 10.0 Å². The molecule has 1 aromatic heterocycles. The molecule has 1 saturated carbocycles. The number of anilines is 1. The molecule has 1 aliphatic carbocycles. The molecular formula is C17H19N3O3S. The number of aromatic nitrogens is 1. The van der Waals surface area contributed by atoms with Crippen molar-refractivity contribution in [2.75, 3.05) is 12.4 Å². The Kier molecular flexibility index (Phi) is 4.38. The monoisotopic (exact) mass is 345 g/mol. The summed E-state index contributed by atoms with van der Waals surface area (Å²) in [5, 5.41) is 2.70. The zero-order valence-electron chi connectivity index (χ0n) is 13.6. The molecule has 0 atom stereocenters. The van der Waals surface area contributed by atoms with Crippen LogP contribution in [0.3, 0.4) is 0 Å². The number of carbonyl (C=O) groups is 1. The maximum absolute atomic E-state index is 12.4. The summed E-state index contributed by atoms with van der Waals surface area (Å²) < 4.78 is 26.3. The minimum atomic E-state index is -3.49. The second-order valence-electron chi connectivity index (χ2n) is 5.90. The smallest absolute Gasteiger partial charge is 0.256 e. The van der Waals surface area contributed by atoms with Crippen LogP contribution >= 0.6 is 0 Å². The molecule has 1 aliphatic rings. The molecule has 126 valence electrons. The predicted molar refractivity (Wildman–Crippen MR) is 91.3 cm³/mol. The number of pyridine rings is 1. The van der Waals surface area contributed by atoms with Crippen LogP contribution in [0.25, 0.3) is 0 Å². The van der Waals surface area contributed by atoms with E-state index in [4.69, 9.17) is 0 Å². The number of nitrogens with zero attached hydrogens (tertiary/aromatic N) is 2. The quantitative estimate of drug-likeness (QED) is 0.902. The van der Waals surface area contributed by atoms with Crippen LogP contribution < -0.4 is 5.32 Å². The zero-order valence-corrected chi connectivity index (χ0v) is 14.4. The Morgan fingerprint density at radius 1 is 1.17 bits per heavy atom. The first-order valence-electron chi connectivity index (χ1n) is 7.71. The highest BCUT2D eigenvalue weighted by atomic mass is 32.2. The molecule has 1 aromatic carbocycles. The van der Waals surface area contributed by atoms with Gasteiger partial charge >= 0.3 is 0 Å². The Morgan fingerprint density at radius 2 is 1.83 bits per heavy atom. The van der Waals surface area contributed by atoms with Gasteiger partial charge in [0.25, 0.3) is 5.91 Å². The van der Waals surface area contributed by atoms with Crippen molar-refractivity contribution in [1.29, 1.82) is 0 Å². The summed E-state index contributed by atoms with van der Waals surface area (Å²) in [4.78, 5) is 16.6. The van der Waals surface area contributed by atoms with Crippen molar-refractivity contribution in [1.82, 2.24) is 9.29 Å². The molecule has 1 N–H and O–H groups in total. The highest BCUT2D eigenvalue weighted by Gasteiger charge is 2.34. The summed E-state index contributed by atoms with van der Waals surface area (Å²) in [6.45, 7) is 1.84. The average molecular weight is 345 g/mol. The number of rotatable bonds is 5. The maximum atomic E-state index is 12.4. The van der Waals surface area contributed by atoms with Crippen LogP contribution in [0.5, 0.6) is 0 Å². The summed E-state index contributed by atoms with van der Waals surface area (Å²) in [5.41, 5.74) is 1.18. The fourth-order valence-electron chi connectivity index (χ4n) is 2.38. The predicted octanol–water partition coefficient (Wildman–Crippen LogP) is 2.43. The van der Waals surface area contributed by atoms with Gasteiger partial charge in [0, 0.05) is 24.3 Å². The van der Waals surface area contributed by atoms with Gasteiger partial charge in [0.15, 0.2) is 0 Å². The van der Waals surface area contributed by atoms with Gasteiger partial charge in [-0.15, -0.1) is 0 Å². The van der Waals surface area contributed by atoms with Crippen LogP contribution in [0.2, 0.25) is 0 Å². The van der Waals surface area contributed by atoms with E-state index in [0.29, 0.717) is 11.4 Å². The van der Waals surface area contributed by atoms with E-state index in [1.54, 1.807) is 19.2 Å². The zero-order chi connectivity index (χ0) is 17.3. The highest BCUT2D eigenvalue weighted by molar-refractivity contribution is 7.89. The molecule has 1 fully saturated rings. The first-order chi connectivity index (χ1) is 11.4. The number of carbonyl (C=O) groups excluding carboxylic acids is 1. The minimum Gasteiger partial charge on any atom is -0.307 e. The third-order valence-corrected chi connectivity index (χ3v) is 5.91. The van der Waals surface area contributed by atoms with Gasteiger partial charge in [0.1, 0.15) is 5.82 Å². The van der Waals surface area contributed by atoms with Crippen LogP contribution in [0.4, 0.5) is 5.82 Å². The van der Waals surface area contributed by atoms with E-state index in [1.807, 2.05) is 13.0 Å². The molecular weight excluding hydrogens is 326 g/mol. The number of sulfonamides is 1. The standard InChI is InChI=1S/C17H19N3O3S/c1-12-4-3-5-16(18-12)19-17(21)13-6-10-15(11-7-13)24(22,23)20(2)14-8-9-14/h3-7,10-11,14H,8-9H2,1-2H3,(H,18,19,21). The van der Waals surface area contributed by atoms with Gasteiger partial charge in [-0.2, -0.15) is 4.31 Å². The number of aryl methyl sites for hydroxylation is 1. The van der Waals surface area contributed by atoms with Gasteiger partial charge in [0.05, 0.1) is 4.90 Å². The molecule has 0 radical (unpaired) electrons. The van der Waals surface area contributed by atoms with Crippen molar-refractivity contribution in [3.63, 3.8) is 0 Å². The third kappa shape index (κ3) is 3.47. The summed E-state index contributed by atoms with van der Waals surface area (Å²) in [5.74, 6) is 0.137. The lowest BCUT2D eigenvalue weighted by Crippen LogP contribution is -2.29. The summed E-state index contributed by atoms with van der Waals surface area (Å²) in [6.07, 6.45) is 1.80. The first kappa shape index (κ1) is 16.6. The lowest BCUT2D eigenvalue weighted by Gasteiger charge is -2.16. The third-order valence-electron chi connectivity index (χ3n) is 3.98. The Hall–Kier alpha value is -2.25. The molecule has 24 heavy (non-hydrogen) atoms. The van der Waals surface area contributed by atoms with Gasteiger partial charge in [-0.05, 0) is 56.2 Å². The van der Waals surface area contributed by atoms with Crippen LogP contribution in [0.1, 0.15) is 28.9 Å². The minimum absolute atomic E-state index is 0.102. The lowest BCUT2D eigenvalue weighted by atomic mass is 10.2. The normalized spacial score (nSPS) is 14.6. The van der Waals surface area contributed by atoms with Crippen molar-refractivity contribution in [2.45, 2.75) is 30.7 Å². The van der Waals surface area contributed by atoms with Crippen molar-refractivity contribution in [2.24, 2.45) is 0 Å². The SMILES string of the molecule is Cc1cccc(NC(=O)c2ccc(S(=O)(=O)N(C)C3CC3)cc2)n1. The first-order valence-corrected chi connectivity index (χ1v) is 9.15. The van der Waals surface area contributed by atoms with Gasteiger partial charge in [-0.3, -0.25) is 4.79 Å². The van der Waals surface area contributed by atoms with E-state index in [2.05, 4.69) is 10.3 Å². The number of hydrogen-bond donors (Lipinski definition) is 1. The summed E-state index contributed by atoms with van der Waals surface area (Å²) >= 11 is 0. The molecule has 0 saturated heterocycles. The Balaban J connectivity index is 1.75. The van der Waals surface area contributed by atoms with Gasteiger partial charge in [-0.25, -0.2) is 13.4 Å². The van der Waals surface area contributed by atoms with Gasteiger partial charge < -0.3 is 5.32 Å². The lowest BCUT2D eigenvalue weighted by molar-refractivity contribution is 0.102. The topological polar surface area (TPSA) is 79.4 Å². The maximum Gasteiger partial charge on any atom is 0.256 e.